The summed E-state index contributed by atoms with van der Waals surface area (Å²) in [7, 11) is 0. The van der Waals surface area contributed by atoms with Crippen LogP contribution in [0.2, 0.25) is 0 Å². The van der Waals surface area contributed by atoms with Crippen molar-refractivity contribution in [3.63, 3.8) is 0 Å². The molecule has 0 aromatic rings. The van der Waals surface area contributed by atoms with Gasteiger partial charge in [-0.3, -0.25) is 0 Å². The van der Waals surface area contributed by atoms with Gasteiger partial charge >= 0.3 is 0 Å². The molecule has 0 aliphatic heterocycles. The van der Waals surface area contributed by atoms with Gasteiger partial charge in [-0.05, 0) is 19.3 Å². The molecule has 0 saturated heterocycles. The van der Waals surface area contributed by atoms with Crippen LogP contribution in [0.1, 0.15) is 116 Å². The Kier molecular flexibility index (Phi) is 19.5. The summed E-state index contributed by atoms with van der Waals surface area (Å²) < 4.78 is 0. The van der Waals surface area contributed by atoms with Crippen LogP contribution in [0.3, 0.4) is 0 Å². The van der Waals surface area contributed by atoms with Gasteiger partial charge in [0.25, 0.3) is 0 Å². The molecule has 134 valence electrons. The standard InChI is InChI=1S/C20H41ClO/c1-2-3-4-5-6-7-8-9-10-11-12-13-14-15-17-20(21)18-16-19-22/h20,22H,2-19H2,1H3. The van der Waals surface area contributed by atoms with E-state index in [4.69, 9.17) is 16.7 Å². The third kappa shape index (κ3) is 18.3. The van der Waals surface area contributed by atoms with E-state index in [2.05, 4.69) is 6.92 Å². The second-order valence-electron chi connectivity index (χ2n) is 6.85. The van der Waals surface area contributed by atoms with Crippen LogP contribution in [0.25, 0.3) is 0 Å². The van der Waals surface area contributed by atoms with Crippen LogP contribution < -0.4 is 0 Å². The van der Waals surface area contributed by atoms with Gasteiger partial charge < -0.3 is 5.11 Å². The van der Waals surface area contributed by atoms with Crippen LogP contribution in [0.15, 0.2) is 0 Å². The zero-order valence-corrected chi connectivity index (χ0v) is 15.9. The van der Waals surface area contributed by atoms with Gasteiger partial charge in [-0.2, -0.15) is 0 Å². The van der Waals surface area contributed by atoms with Crippen molar-refractivity contribution in [2.75, 3.05) is 6.61 Å². The number of rotatable bonds is 18. The van der Waals surface area contributed by atoms with Crippen molar-refractivity contribution in [1.29, 1.82) is 0 Å². The Morgan fingerprint density at radius 3 is 1.36 bits per heavy atom. The topological polar surface area (TPSA) is 20.2 Å². The smallest absolute Gasteiger partial charge is 0.0431 e. The molecule has 0 rings (SSSR count). The summed E-state index contributed by atoms with van der Waals surface area (Å²) >= 11 is 6.20. The van der Waals surface area contributed by atoms with E-state index in [0.29, 0.717) is 0 Å². The predicted molar refractivity (Wildman–Crippen MR) is 101 cm³/mol. The molecule has 0 fully saturated rings. The molecule has 1 nitrogen and oxygen atoms in total. The Labute approximate surface area is 145 Å². The molecular formula is C20H41ClO. The lowest BCUT2D eigenvalue weighted by Crippen LogP contribution is -1.99. The van der Waals surface area contributed by atoms with E-state index in [0.717, 1.165) is 19.3 Å². The van der Waals surface area contributed by atoms with Crippen molar-refractivity contribution in [3.05, 3.63) is 0 Å². The third-order valence-corrected chi connectivity index (χ3v) is 4.98. The van der Waals surface area contributed by atoms with Crippen LogP contribution in [-0.2, 0) is 0 Å². The van der Waals surface area contributed by atoms with Crippen LogP contribution in [-0.4, -0.2) is 17.1 Å². The second kappa shape index (κ2) is 19.3. The van der Waals surface area contributed by atoms with E-state index in [9.17, 15) is 0 Å². The molecule has 0 aliphatic carbocycles. The number of unbranched alkanes of at least 4 members (excludes halogenated alkanes) is 13. The summed E-state index contributed by atoms with van der Waals surface area (Å²) in [5.74, 6) is 0. The zero-order valence-electron chi connectivity index (χ0n) is 15.1. The molecule has 0 spiro atoms. The Hall–Kier alpha value is 0.250. The fraction of sp³-hybridized carbons (Fsp3) is 1.00. The SMILES string of the molecule is CCCCCCCCCCCCCCCCC(Cl)CCCO. The van der Waals surface area contributed by atoms with Gasteiger partial charge in [0.05, 0.1) is 0 Å². The Morgan fingerprint density at radius 2 is 0.955 bits per heavy atom. The fourth-order valence-corrected chi connectivity index (χ4v) is 3.33. The maximum Gasteiger partial charge on any atom is 0.0431 e. The number of halogens is 1. The van der Waals surface area contributed by atoms with Crippen molar-refractivity contribution in [3.8, 4) is 0 Å². The highest BCUT2D eigenvalue weighted by Gasteiger charge is 2.03. The van der Waals surface area contributed by atoms with Gasteiger partial charge in [0.2, 0.25) is 0 Å². The zero-order chi connectivity index (χ0) is 16.3. The molecular weight excluding hydrogens is 292 g/mol. The van der Waals surface area contributed by atoms with Crippen LogP contribution in [0, 0.1) is 0 Å². The quantitative estimate of drug-likeness (QED) is 0.207. The summed E-state index contributed by atoms with van der Waals surface area (Å²) in [6, 6.07) is 0. The van der Waals surface area contributed by atoms with Gasteiger partial charge in [-0.1, -0.05) is 96.8 Å². The normalized spacial score (nSPS) is 12.7. The van der Waals surface area contributed by atoms with Crippen LogP contribution in [0.4, 0.5) is 0 Å². The molecule has 0 amide bonds. The van der Waals surface area contributed by atoms with Crippen LogP contribution in [0.5, 0.6) is 0 Å². The molecule has 0 heterocycles. The van der Waals surface area contributed by atoms with Crippen molar-refractivity contribution in [2.24, 2.45) is 0 Å². The highest BCUT2D eigenvalue weighted by Crippen LogP contribution is 2.16. The number of alkyl halides is 1. The van der Waals surface area contributed by atoms with Crippen molar-refractivity contribution >= 4 is 11.6 Å². The molecule has 1 unspecified atom stereocenters. The third-order valence-electron chi connectivity index (χ3n) is 4.55. The lowest BCUT2D eigenvalue weighted by molar-refractivity contribution is 0.283. The fourth-order valence-electron chi connectivity index (χ4n) is 3.02. The minimum Gasteiger partial charge on any atom is -0.396 e. The molecule has 0 bridgehead atoms. The molecule has 0 saturated carbocycles. The van der Waals surface area contributed by atoms with Crippen molar-refractivity contribution < 1.29 is 5.11 Å². The summed E-state index contributed by atoms with van der Waals surface area (Å²) in [5, 5.41) is 9.03. The lowest BCUT2D eigenvalue weighted by Gasteiger charge is -2.08. The maximum atomic E-state index is 8.75. The first-order chi connectivity index (χ1) is 10.8. The molecule has 1 atom stereocenters. The van der Waals surface area contributed by atoms with E-state index >= 15 is 0 Å². The first-order valence-electron chi connectivity index (χ1n) is 10.1. The molecule has 2 heteroatoms. The molecule has 0 aromatic carbocycles. The van der Waals surface area contributed by atoms with Gasteiger partial charge in [0.1, 0.15) is 0 Å². The van der Waals surface area contributed by atoms with Gasteiger partial charge in [-0.25, -0.2) is 0 Å². The first kappa shape index (κ1) is 22.2. The molecule has 0 aliphatic rings. The van der Waals surface area contributed by atoms with Crippen molar-refractivity contribution in [2.45, 2.75) is 121 Å². The maximum absolute atomic E-state index is 8.75. The monoisotopic (exact) mass is 332 g/mol. The Balaban J connectivity index is 3.02. The summed E-state index contributed by atoms with van der Waals surface area (Å²) in [6.07, 6.45) is 22.6. The van der Waals surface area contributed by atoms with E-state index in [1.807, 2.05) is 0 Å². The van der Waals surface area contributed by atoms with Gasteiger partial charge in [-0.15, -0.1) is 11.6 Å². The van der Waals surface area contributed by atoms with Crippen LogP contribution >= 0.6 is 11.6 Å². The summed E-state index contributed by atoms with van der Waals surface area (Å²) in [5.41, 5.74) is 0. The highest BCUT2D eigenvalue weighted by molar-refractivity contribution is 6.20. The average Bonchev–Trinajstić information content (AvgIpc) is 2.53. The number of hydrogen-bond acceptors (Lipinski definition) is 1. The minimum atomic E-state index is 0.280. The molecule has 1 N–H and O–H groups in total. The largest absolute Gasteiger partial charge is 0.396 e. The van der Waals surface area contributed by atoms with E-state index < -0.39 is 0 Å². The first-order valence-corrected chi connectivity index (χ1v) is 10.5. The van der Waals surface area contributed by atoms with Gasteiger partial charge in [0.15, 0.2) is 0 Å². The molecule has 0 radical (unpaired) electrons. The Bertz CT molecular complexity index is 196. The second-order valence-corrected chi connectivity index (χ2v) is 7.47. The number of hydrogen-bond donors (Lipinski definition) is 1. The van der Waals surface area contributed by atoms with Crippen molar-refractivity contribution in [1.82, 2.24) is 0 Å². The summed E-state index contributed by atoms with van der Waals surface area (Å²) in [4.78, 5) is 0. The lowest BCUT2D eigenvalue weighted by atomic mass is 10.0. The van der Waals surface area contributed by atoms with E-state index in [1.165, 1.54) is 89.9 Å². The number of aliphatic hydroxyl groups excluding tert-OH is 1. The van der Waals surface area contributed by atoms with E-state index in [1.54, 1.807) is 0 Å². The molecule has 0 aromatic heterocycles. The average molecular weight is 333 g/mol. The van der Waals surface area contributed by atoms with E-state index in [-0.39, 0.29) is 12.0 Å². The minimum absolute atomic E-state index is 0.280. The summed E-state index contributed by atoms with van der Waals surface area (Å²) in [6.45, 7) is 2.56. The number of aliphatic hydroxyl groups is 1. The predicted octanol–water partition coefficient (Wildman–Crippen LogP) is 7.24. The molecule has 22 heavy (non-hydrogen) atoms. The highest BCUT2D eigenvalue weighted by atomic mass is 35.5. The Morgan fingerprint density at radius 1 is 0.591 bits per heavy atom. The van der Waals surface area contributed by atoms with Gasteiger partial charge in [0, 0.05) is 12.0 Å².